The number of ketones is 1. The summed E-state index contributed by atoms with van der Waals surface area (Å²) in [4.78, 5) is 28.5. The number of fused-ring (bicyclic) bond motifs is 2. The number of para-hydroxylation sites is 2. The zero-order valence-corrected chi connectivity index (χ0v) is 23.8. The number of rotatable bonds is 8. The minimum absolute atomic E-state index is 0.0894. The summed E-state index contributed by atoms with van der Waals surface area (Å²) in [6.45, 7) is 6.04. The molecule has 0 radical (unpaired) electrons. The lowest BCUT2D eigenvalue weighted by Gasteiger charge is -2.44. The van der Waals surface area contributed by atoms with Gasteiger partial charge < -0.3 is 24.3 Å². The van der Waals surface area contributed by atoms with Crippen LogP contribution in [0.3, 0.4) is 0 Å². The highest BCUT2D eigenvalue weighted by atomic mass is 16.5. The predicted octanol–water partition coefficient (Wildman–Crippen LogP) is 5.78. The molecule has 2 aliphatic rings. The quantitative estimate of drug-likeness (QED) is 0.301. The molecular formula is C34H37N3O4. The number of piperidine rings is 1. The van der Waals surface area contributed by atoms with Crippen molar-refractivity contribution < 1.29 is 19.1 Å². The average molecular weight is 552 g/mol. The van der Waals surface area contributed by atoms with E-state index in [-0.39, 0.29) is 17.3 Å². The van der Waals surface area contributed by atoms with Crippen LogP contribution in [0.25, 0.3) is 10.9 Å². The summed E-state index contributed by atoms with van der Waals surface area (Å²) in [5.41, 5.74) is 4.18. The molecule has 1 spiro atoms. The van der Waals surface area contributed by atoms with Crippen LogP contribution in [0.2, 0.25) is 0 Å². The van der Waals surface area contributed by atoms with Gasteiger partial charge in [0.25, 0.3) is 5.91 Å². The Balaban J connectivity index is 1.10. The molecule has 1 fully saturated rings. The highest BCUT2D eigenvalue weighted by Gasteiger charge is 2.42. The van der Waals surface area contributed by atoms with Crippen LogP contribution in [-0.2, 0) is 13.1 Å². The number of aryl methyl sites for hydroxylation is 2. The van der Waals surface area contributed by atoms with Crippen LogP contribution in [-0.4, -0.2) is 53.5 Å². The third kappa shape index (κ3) is 5.59. The van der Waals surface area contributed by atoms with Gasteiger partial charge in [0.2, 0.25) is 0 Å². The number of ether oxygens (including phenoxy) is 2. The Hall–Kier alpha value is -4.10. The third-order valence-corrected chi connectivity index (χ3v) is 8.50. The maximum Gasteiger partial charge on any atom is 0.253 e. The second-order valence-corrected chi connectivity index (χ2v) is 11.3. The van der Waals surface area contributed by atoms with Gasteiger partial charge >= 0.3 is 0 Å². The van der Waals surface area contributed by atoms with Gasteiger partial charge in [-0.25, -0.2) is 0 Å². The van der Waals surface area contributed by atoms with Gasteiger partial charge in [0.1, 0.15) is 17.1 Å². The van der Waals surface area contributed by atoms with E-state index in [0.29, 0.717) is 24.1 Å². The van der Waals surface area contributed by atoms with E-state index in [9.17, 15) is 9.59 Å². The number of methoxy groups -OCH3 is 1. The zero-order valence-electron chi connectivity index (χ0n) is 23.8. The number of nitrogens with one attached hydrogen (secondary N) is 1. The zero-order chi connectivity index (χ0) is 28.4. The summed E-state index contributed by atoms with van der Waals surface area (Å²) in [7, 11) is 1.67. The van der Waals surface area contributed by atoms with E-state index < -0.39 is 0 Å². The number of aromatic nitrogens is 1. The van der Waals surface area contributed by atoms with Crippen molar-refractivity contribution in [3.63, 3.8) is 0 Å². The fourth-order valence-corrected chi connectivity index (χ4v) is 6.32. The maximum absolute atomic E-state index is 13.3. The van der Waals surface area contributed by atoms with E-state index in [1.807, 2.05) is 60.8 Å². The second kappa shape index (κ2) is 11.4. The van der Waals surface area contributed by atoms with Crippen LogP contribution in [0.5, 0.6) is 11.5 Å². The molecule has 0 unspecified atom stereocenters. The molecule has 212 valence electrons. The van der Waals surface area contributed by atoms with E-state index in [2.05, 4.69) is 33.8 Å². The van der Waals surface area contributed by atoms with Crippen LogP contribution >= 0.6 is 0 Å². The molecular weight excluding hydrogens is 514 g/mol. The molecule has 2 aliphatic heterocycles. The topological polar surface area (TPSA) is 72.8 Å². The molecule has 1 amide bonds. The average Bonchev–Trinajstić information content (AvgIpc) is 3.36. The summed E-state index contributed by atoms with van der Waals surface area (Å²) in [5, 5.41) is 3.99. The first kappa shape index (κ1) is 27.1. The molecule has 3 aromatic carbocycles. The van der Waals surface area contributed by atoms with Crippen molar-refractivity contribution in [2.75, 3.05) is 26.7 Å². The molecule has 6 rings (SSSR count). The van der Waals surface area contributed by atoms with Crippen LogP contribution in [0.15, 0.2) is 72.9 Å². The molecule has 0 atom stereocenters. The standard InChI is InChI=1S/C34H37N3O4/c1-24-8-5-9-25(20-24)22-35-33(39)28-23-37(32-26(28)11-6-13-31(32)40-2)17-7-16-36-18-14-34(15-19-36)21-29(38)27-10-3-4-12-30(27)41-34/h3-6,8-13,20,23H,7,14-19,21-22H2,1-2H3,(H,35,39). The minimum atomic E-state index is -0.382. The Morgan fingerprint density at radius 2 is 1.83 bits per heavy atom. The number of carbonyl (C=O) groups is 2. The summed E-state index contributed by atoms with van der Waals surface area (Å²) >= 11 is 0. The molecule has 0 aliphatic carbocycles. The van der Waals surface area contributed by atoms with Gasteiger partial charge in [-0.15, -0.1) is 0 Å². The number of nitrogens with zero attached hydrogens (tertiary/aromatic N) is 2. The van der Waals surface area contributed by atoms with Crippen LogP contribution < -0.4 is 14.8 Å². The molecule has 0 bridgehead atoms. The Bertz CT molecular complexity index is 1580. The maximum atomic E-state index is 13.3. The fraction of sp³-hybridized carbons (Fsp3) is 0.353. The van der Waals surface area contributed by atoms with E-state index >= 15 is 0 Å². The van der Waals surface area contributed by atoms with E-state index in [0.717, 1.165) is 73.4 Å². The van der Waals surface area contributed by atoms with Gasteiger partial charge in [-0.1, -0.05) is 54.1 Å². The first-order chi connectivity index (χ1) is 19.9. The van der Waals surface area contributed by atoms with Gasteiger partial charge in [0.05, 0.1) is 30.2 Å². The monoisotopic (exact) mass is 551 g/mol. The third-order valence-electron chi connectivity index (χ3n) is 8.50. The molecule has 4 aromatic rings. The SMILES string of the molecule is COc1cccc2c(C(=O)NCc3cccc(C)c3)cn(CCCN3CCC4(CC3)CC(=O)c3ccccc3O4)c12. The van der Waals surface area contributed by atoms with Gasteiger partial charge in [-0.2, -0.15) is 0 Å². The van der Waals surface area contributed by atoms with Crippen molar-refractivity contribution in [3.05, 3.63) is 95.2 Å². The highest BCUT2D eigenvalue weighted by molar-refractivity contribution is 6.08. The van der Waals surface area contributed by atoms with E-state index in [1.54, 1.807) is 7.11 Å². The van der Waals surface area contributed by atoms with E-state index in [1.165, 1.54) is 5.56 Å². The fourth-order valence-electron chi connectivity index (χ4n) is 6.32. The smallest absolute Gasteiger partial charge is 0.253 e. The van der Waals surface area contributed by atoms with Crippen molar-refractivity contribution in [2.45, 2.75) is 51.3 Å². The molecule has 7 nitrogen and oxygen atoms in total. The summed E-state index contributed by atoms with van der Waals surface area (Å²) in [5.74, 6) is 1.59. The minimum Gasteiger partial charge on any atom is -0.495 e. The van der Waals surface area contributed by atoms with Crippen molar-refractivity contribution in [1.29, 1.82) is 0 Å². The molecule has 0 saturated carbocycles. The Labute approximate surface area is 241 Å². The summed E-state index contributed by atoms with van der Waals surface area (Å²) in [6.07, 6.45) is 5.05. The normalized spacial score (nSPS) is 16.4. The van der Waals surface area contributed by atoms with Crippen LogP contribution in [0.1, 0.15) is 57.5 Å². The molecule has 3 heterocycles. The van der Waals surface area contributed by atoms with Crippen molar-refractivity contribution in [1.82, 2.24) is 14.8 Å². The van der Waals surface area contributed by atoms with Gasteiger partial charge in [-0.05, 0) is 43.7 Å². The Morgan fingerprint density at radius 3 is 2.63 bits per heavy atom. The second-order valence-electron chi connectivity index (χ2n) is 11.3. The number of likely N-dealkylation sites (tertiary alicyclic amines) is 1. The summed E-state index contributed by atoms with van der Waals surface area (Å²) in [6, 6.07) is 21.6. The Morgan fingerprint density at radius 1 is 1.02 bits per heavy atom. The lowest BCUT2D eigenvalue weighted by Crippen LogP contribution is -2.51. The van der Waals surface area contributed by atoms with Gasteiger partial charge in [0.15, 0.2) is 5.78 Å². The number of amides is 1. The number of carbonyl (C=O) groups excluding carboxylic acids is 2. The lowest BCUT2D eigenvalue weighted by atomic mass is 9.82. The van der Waals surface area contributed by atoms with Gasteiger partial charge in [0, 0.05) is 50.6 Å². The number of hydrogen-bond donors (Lipinski definition) is 1. The largest absolute Gasteiger partial charge is 0.495 e. The van der Waals surface area contributed by atoms with Gasteiger partial charge in [-0.3, -0.25) is 9.59 Å². The van der Waals surface area contributed by atoms with Crippen molar-refractivity contribution in [3.8, 4) is 11.5 Å². The lowest BCUT2D eigenvalue weighted by molar-refractivity contribution is -0.00926. The van der Waals surface area contributed by atoms with Crippen LogP contribution in [0, 0.1) is 6.92 Å². The Kier molecular flexibility index (Phi) is 7.54. The highest BCUT2D eigenvalue weighted by Crippen LogP contribution is 2.39. The molecule has 7 heteroatoms. The molecule has 41 heavy (non-hydrogen) atoms. The summed E-state index contributed by atoms with van der Waals surface area (Å²) < 4.78 is 14.2. The van der Waals surface area contributed by atoms with Crippen molar-refractivity contribution in [2.24, 2.45) is 0 Å². The number of hydrogen-bond acceptors (Lipinski definition) is 5. The number of benzene rings is 3. The van der Waals surface area contributed by atoms with Crippen molar-refractivity contribution >= 4 is 22.6 Å². The molecule has 1 aromatic heterocycles. The first-order valence-corrected chi connectivity index (χ1v) is 14.5. The number of Topliss-reactive ketones (excluding diaryl/α,β-unsaturated/α-hetero) is 1. The molecule has 1 saturated heterocycles. The van der Waals surface area contributed by atoms with E-state index in [4.69, 9.17) is 9.47 Å². The predicted molar refractivity (Wildman–Crippen MR) is 160 cm³/mol. The van der Waals surface area contributed by atoms with Crippen LogP contribution in [0.4, 0.5) is 0 Å². The molecule has 1 N–H and O–H groups in total. The first-order valence-electron chi connectivity index (χ1n) is 14.5.